The van der Waals surface area contributed by atoms with Gasteiger partial charge < -0.3 is 15.4 Å². The van der Waals surface area contributed by atoms with E-state index in [4.69, 9.17) is 10.5 Å². The number of likely N-dealkylation sites (tertiary alicyclic amines) is 1. The molecular formula is C17H21FN2O3. The molecule has 1 heterocycles. The van der Waals surface area contributed by atoms with Crippen molar-refractivity contribution in [2.75, 3.05) is 19.7 Å². The van der Waals surface area contributed by atoms with Crippen molar-refractivity contribution in [3.05, 3.63) is 30.1 Å². The van der Waals surface area contributed by atoms with E-state index in [1.807, 2.05) is 0 Å². The lowest BCUT2D eigenvalue weighted by Gasteiger charge is -2.34. The number of benzene rings is 1. The van der Waals surface area contributed by atoms with Crippen molar-refractivity contribution in [1.82, 2.24) is 4.90 Å². The van der Waals surface area contributed by atoms with Gasteiger partial charge in [0.25, 0.3) is 0 Å². The summed E-state index contributed by atoms with van der Waals surface area (Å²) in [7, 11) is 0. The van der Waals surface area contributed by atoms with E-state index in [9.17, 15) is 14.0 Å². The van der Waals surface area contributed by atoms with E-state index >= 15 is 0 Å². The summed E-state index contributed by atoms with van der Waals surface area (Å²) in [5.74, 6) is -0.315. The van der Waals surface area contributed by atoms with E-state index < -0.39 is 11.3 Å². The van der Waals surface area contributed by atoms with Gasteiger partial charge in [-0.2, -0.15) is 0 Å². The van der Waals surface area contributed by atoms with Crippen LogP contribution in [0.25, 0.3) is 0 Å². The molecule has 0 bridgehead atoms. The Bertz CT molecular complexity index is 616. The van der Waals surface area contributed by atoms with Crippen LogP contribution in [-0.2, 0) is 9.59 Å². The van der Waals surface area contributed by atoms with E-state index in [2.05, 4.69) is 0 Å². The van der Waals surface area contributed by atoms with Crippen LogP contribution in [0.4, 0.5) is 4.39 Å². The van der Waals surface area contributed by atoms with Crippen LogP contribution < -0.4 is 10.5 Å². The Morgan fingerprint density at radius 2 is 2.17 bits per heavy atom. The van der Waals surface area contributed by atoms with Crippen molar-refractivity contribution in [1.29, 1.82) is 0 Å². The molecule has 1 aromatic carbocycles. The van der Waals surface area contributed by atoms with Crippen LogP contribution in [0.1, 0.15) is 25.7 Å². The summed E-state index contributed by atoms with van der Waals surface area (Å²) in [5.41, 5.74) is 4.42. The van der Waals surface area contributed by atoms with E-state index in [1.165, 1.54) is 12.1 Å². The molecule has 1 atom stereocenters. The maximum atomic E-state index is 13.1. The highest BCUT2D eigenvalue weighted by Crippen LogP contribution is 2.47. The highest BCUT2D eigenvalue weighted by Gasteiger charge is 2.57. The number of carbonyl (C=O) groups excluding carboxylic acids is 2. The van der Waals surface area contributed by atoms with Gasteiger partial charge in [0.1, 0.15) is 17.0 Å². The van der Waals surface area contributed by atoms with Crippen LogP contribution in [0, 0.1) is 17.2 Å². The summed E-state index contributed by atoms with van der Waals surface area (Å²) in [4.78, 5) is 25.8. The topological polar surface area (TPSA) is 72.6 Å². The number of nitrogens with zero attached hydrogens (tertiary/aromatic N) is 1. The molecule has 2 amide bonds. The third-order valence-electron chi connectivity index (χ3n) is 4.72. The second kappa shape index (κ2) is 6.18. The summed E-state index contributed by atoms with van der Waals surface area (Å²) in [6.07, 6.45) is 2.94. The van der Waals surface area contributed by atoms with Crippen LogP contribution >= 0.6 is 0 Å². The minimum atomic E-state index is -0.953. The Labute approximate surface area is 134 Å². The highest BCUT2D eigenvalue weighted by atomic mass is 19.1. The van der Waals surface area contributed by atoms with Crippen LogP contribution in [0.5, 0.6) is 5.75 Å². The maximum Gasteiger partial charge on any atom is 0.238 e. The average molecular weight is 320 g/mol. The SMILES string of the molecule is NC(=O)C1(C(=O)N2CCCC(COc3cccc(F)c3)C2)CC1. The molecule has 23 heavy (non-hydrogen) atoms. The van der Waals surface area contributed by atoms with Crippen molar-refractivity contribution in [3.63, 3.8) is 0 Å². The van der Waals surface area contributed by atoms with Gasteiger partial charge in [-0.05, 0) is 37.8 Å². The number of halogens is 1. The second-order valence-corrected chi connectivity index (χ2v) is 6.47. The Morgan fingerprint density at radius 1 is 1.39 bits per heavy atom. The zero-order chi connectivity index (χ0) is 16.4. The Morgan fingerprint density at radius 3 is 2.83 bits per heavy atom. The molecule has 1 unspecified atom stereocenters. The lowest BCUT2D eigenvalue weighted by molar-refractivity contribution is -0.144. The third kappa shape index (κ3) is 3.30. The van der Waals surface area contributed by atoms with Gasteiger partial charge in [-0.1, -0.05) is 6.07 Å². The first-order valence-electron chi connectivity index (χ1n) is 7.99. The maximum absolute atomic E-state index is 13.1. The van der Waals surface area contributed by atoms with Gasteiger partial charge in [0, 0.05) is 25.1 Å². The lowest BCUT2D eigenvalue weighted by Crippen LogP contribution is -2.48. The van der Waals surface area contributed by atoms with Gasteiger partial charge >= 0.3 is 0 Å². The molecule has 1 aromatic rings. The van der Waals surface area contributed by atoms with Gasteiger partial charge in [0.15, 0.2) is 0 Å². The van der Waals surface area contributed by atoms with E-state index in [0.29, 0.717) is 38.3 Å². The van der Waals surface area contributed by atoms with Crippen LogP contribution in [0.2, 0.25) is 0 Å². The number of piperidine rings is 1. The summed E-state index contributed by atoms with van der Waals surface area (Å²) in [5, 5.41) is 0. The molecule has 1 aliphatic heterocycles. The van der Waals surface area contributed by atoms with Crippen molar-refractivity contribution in [3.8, 4) is 5.75 Å². The van der Waals surface area contributed by atoms with Crippen molar-refractivity contribution in [2.45, 2.75) is 25.7 Å². The third-order valence-corrected chi connectivity index (χ3v) is 4.72. The Kier molecular flexibility index (Phi) is 4.24. The fraction of sp³-hybridized carbons (Fsp3) is 0.529. The number of amides is 2. The first-order chi connectivity index (χ1) is 11.0. The largest absolute Gasteiger partial charge is 0.493 e. The number of hydrogen-bond acceptors (Lipinski definition) is 3. The number of hydrogen-bond donors (Lipinski definition) is 1. The monoisotopic (exact) mass is 320 g/mol. The standard InChI is InChI=1S/C17H21FN2O3/c18-13-4-1-5-14(9-13)23-11-12-3-2-8-20(10-12)16(22)17(6-7-17)15(19)21/h1,4-5,9,12H,2-3,6-8,10-11H2,(H2,19,21). The summed E-state index contributed by atoms with van der Waals surface area (Å²) < 4.78 is 18.8. The normalized spacial score (nSPS) is 22.5. The summed E-state index contributed by atoms with van der Waals surface area (Å²) >= 11 is 0. The van der Waals surface area contributed by atoms with Crippen molar-refractivity contribution < 1.29 is 18.7 Å². The molecule has 0 aromatic heterocycles. The number of nitrogens with two attached hydrogens (primary N) is 1. The Hall–Kier alpha value is -2.11. The predicted octanol–water partition coefficient (Wildman–Crippen LogP) is 1.71. The van der Waals surface area contributed by atoms with E-state index in [1.54, 1.807) is 17.0 Å². The molecule has 5 nitrogen and oxygen atoms in total. The highest BCUT2D eigenvalue weighted by molar-refractivity contribution is 6.07. The second-order valence-electron chi connectivity index (χ2n) is 6.47. The molecule has 1 saturated heterocycles. The predicted molar refractivity (Wildman–Crippen MR) is 82.1 cm³/mol. The molecule has 6 heteroatoms. The fourth-order valence-electron chi connectivity index (χ4n) is 3.15. The molecule has 124 valence electrons. The van der Waals surface area contributed by atoms with Gasteiger partial charge in [0.2, 0.25) is 11.8 Å². The molecule has 2 N–H and O–H groups in total. The molecule has 2 aliphatic rings. The smallest absolute Gasteiger partial charge is 0.238 e. The molecule has 0 radical (unpaired) electrons. The van der Waals surface area contributed by atoms with Crippen LogP contribution in [-0.4, -0.2) is 36.4 Å². The summed E-state index contributed by atoms with van der Waals surface area (Å²) in [6.45, 7) is 1.64. The van der Waals surface area contributed by atoms with Crippen molar-refractivity contribution in [2.24, 2.45) is 17.1 Å². The van der Waals surface area contributed by atoms with Crippen LogP contribution in [0.3, 0.4) is 0 Å². The number of ether oxygens (including phenoxy) is 1. The van der Waals surface area contributed by atoms with E-state index in [0.717, 1.165) is 12.8 Å². The van der Waals surface area contributed by atoms with Gasteiger partial charge in [-0.25, -0.2) is 4.39 Å². The minimum Gasteiger partial charge on any atom is -0.493 e. The quantitative estimate of drug-likeness (QED) is 0.840. The molecule has 1 saturated carbocycles. The molecule has 3 rings (SSSR count). The number of rotatable bonds is 5. The zero-order valence-electron chi connectivity index (χ0n) is 13.0. The van der Waals surface area contributed by atoms with Crippen molar-refractivity contribution >= 4 is 11.8 Å². The number of primary amides is 1. The number of carbonyl (C=O) groups is 2. The van der Waals surface area contributed by atoms with Crippen LogP contribution in [0.15, 0.2) is 24.3 Å². The Balaban J connectivity index is 1.56. The van der Waals surface area contributed by atoms with E-state index in [-0.39, 0.29) is 17.6 Å². The minimum absolute atomic E-state index is 0.138. The lowest BCUT2D eigenvalue weighted by atomic mass is 9.96. The first-order valence-corrected chi connectivity index (χ1v) is 7.99. The average Bonchev–Trinajstić information content (AvgIpc) is 3.34. The van der Waals surface area contributed by atoms with Gasteiger partial charge in [0.05, 0.1) is 6.61 Å². The van der Waals surface area contributed by atoms with Gasteiger partial charge in [-0.15, -0.1) is 0 Å². The molecule has 0 spiro atoms. The van der Waals surface area contributed by atoms with Gasteiger partial charge in [-0.3, -0.25) is 9.59 Å². The summed E-state index contributed by atoms with van der Waals surface area (Å²) in [6, 6.07) is 6.02. The molecular weight excluding hydrogens is 299 g/mol. The molecule has 2 fully saturated rings. The fourth-order valence-corrected chi connectivity index (χ4v) is 3.15. The first kappa shape index (κ1) is 15.8. The zero-order valence-corrected chi connectivity index (χ0v) is 13.0. The molecule has 1 aliphatic carbocycles.